The van der Waals surface area contributed by atoms with Crippen molar-refractivity contribution in [2.75, 3.05) is 0 Å². The maximum absolute atomic E-state index is 14.0. The summed E-state index contributed by atoms with van der Waals surface area (Å²) in [7, 11) is 0. The highest BCUT2D eigenvalue weighted by atomic mass is 79.9. The molecule has 35 heavy (non-hydrogen) atoms. The molecule has 0 N–H and O–H groups in total. The van der Waals surface area contributed by atoms with Gasteiger partial charge in [0, 0.05) is 21.2 Å². The third kappa shape index (κ3) is 4.90. The topological polar surface area (TPSA) is 56.5 Å². The second-order valence-electron chi connectivity index (χ2n) is 7.74. The smallest absolute Gasteiger partial charge is 0.282 e. The summed E-state index contributed by atoms with van der Waals surface area (Å²) in [6, 6.07) is 28.5. The minimum absolute atomic E-state index is 0.0574. The molecule has 0 unspecified atom stereocenters. The Hall–Kier alpha value is -4.10. The van der Waals surface area contributed by atoms with E-state index in [1.165, 1.54) is 10.7 Å². The fourth-order valence-corrected chi connectivity index (χ4v) is 4.03. The molecule has 0 aliphatic rings. The van der Waals surface area contributed by atoms with E-state index in [9.17, 15) is 9.18 Å². The van der Waals surface area contributed by atoms with Crippen LogP contribution in [0.2, 0.25) is 0 Å². The van der Waals surface area contributed by atoms with Crippen LogP contribution in [0.4, 0.5) is 4.39 Å². The minimum Gasteiger partial charge on any atom is -0.488 e. The lowest BCUT2D eigenvalue weighted by Gasteiger charge is -2.11. The van der Waals surface area contributed by atoms with Crippen LogP contribution in [0.15, 0.2) is 111 Å². The number of halogens is 2. The van der Waals surface area contributed by atoms with Crippen molar-refractivity contribution in [2.24, 2.45) is 5.10 Å². The number of hydrogen-bond donors (Lipinski definition) is 0. The van der Waals surface area contributed by atoms with E-state index >= 15 is 0 Å². The Morgan fingerprint density at radius 3 is 2.51 bits per heavy atom. The normalized spacial score (nSPS) is 11.3. The number of para-hydroxylation sites is 1. The van der Waals surface area contributed by atoms with E-state index in [4.69, 9.17) is 9.72 Å². The second kappa shape index (κ2) is 10.0. The SMILES string of the molecule is O=c1c2ccccc2nc(-c2ccccc2)n1N=Cc1cc(Br)ccc1OCc1ccccc1F. The standard InChI is InChI=1S/C28H19BrFN3O2/c29-22-14-15-26(35-18-20-10-4-6-12-24(20)30)21(16-22)17-31-33-27(19-8-2-1-3-9-19)32-25-13-7-5-11-23(25)28(33)34/h1-17H,18H2. The van der Waals surface area contributed by atoms with E-state index in [1.54, 1.807) is 48.7 Å². The van der Waals surface area contributed by atoms with Gasteiger partial charge in [0.15, 0.2) is 5.82 Å². The molecule has 0 spiro atoms. The fraction of sp³-hybridized carbons (Fsp3) is 0.0357. The van der Waals surface area contributed by atoms with Crippen LogP contribution in [0, 0.1) is 5.82 Å². The van der Waals surface area contributed by atoms with E-state index in [1.807, 2.05) is 48.5 Å². The molecule has 0 bridgehead atoms. The number of fused-ring (bicyclic) bond motifs is 1. The Labute approximate surface area is 209 Å². The first-order chi connectivity index (χ1) is 17.1. The summed E-state index contributed by atoms with van der Waals surface area (Å²) in [6.45, 7) is 0.0574. The first-order valence-corrected chi connectivity index (χ1v) is 11.7. The molecule has 172 valence electrons. The first-order valence-electron chi connectivity index (χ1n) is 10.9. The summed E-state index contributed by atoms with van der Waals surface area (Å²) in [5.74, 6) is 0.596. The molecular weight excluding hydrogens is 509 g/mol. The molecular formula is C28H19BrFN3O2. The van der Waals surface area contributed by atoms with Crippen LogP contribution in [-0.2, 0) is 6.61 Å². The molecule has 0 saturated heterocycles. The Bertz CT molecular complexity index is 1600. The Morgan fingerprint density at radius 1 is 0.943 bits per heavy atom. The molecule has 0 radical (unpaired) electrons. The van der Waals surface area contributed by atoms with Gasteiger partial charge in [-0.05, 0) is 36.4 Å². The van der Waals surface area contributed by atoms with Crippen molar-refractivity contribution in [1.82, 2.24) is 9.66 Å². The highest BCUT2D eigenvalue weighted by Gasteiger charge is 2.13. The average Bonchev–Trinajstić information content (AvgIpc) is 2.89. The minimum atomic E-state index is -0.332. The molecule has 0 aliphatic heterocycles. The molecule has 1 aromatic heterocycles. The number of rotatable bonds is 6. The lowest BCUT2D eigenvalue weighted by molar-refractivity contribution is 0.299. The van der Waals surface area contributed by atoms with E-state index < -0.39 is 0 Å². The zero-order chi connectivity index (χ0) is 24.2. The molecule has 5 aromatic rings. The fourth-order valence-electron chi connectivity index (χ4n) is 3.65. The number of hydrogen-bond acceptors (Lipinski definition) is 4. The molecule has 1 heterocycles. The van der Waals surface area contributed by atoms with Gasteiger partial charge in [-0.2, -0.15) is 9.78 Å². The summed E-state index contributed by atoms with van der Waals surface area (Å²) >= 11 is 3.47. The van der Waals surface area contributed by atoms with Gasteiger partial charge in [0.05, 0.1) is 17.1 Å². The number of aromatic nitrogens is 2. The van der Waals surface area contributed by atoms with Crippen molar-refractivity contribution in [3.05, 3.63) is 129 Å². The van der Waals surface area contributed by atoms with Crippen molar-refractivity contribution < 1.29 is 9.13 Å². The van der Waals surface area contributed by atoms with Crippen molar-refractivity contribution in [3.63, 3.8) is 0 Å². The maximum atomic E-state index is 14.0. The van der Waals surface area contributed by atoms with Gasteiger partial charge in [-0.3, -0.25) is 4.79 Å². The van der Waals surface area contributed by atoms with Gasteiger partial charge in [0.1, 0.15) is 18.2 Å². The predicted molar refractivity (Wildman–Crippen MR) is 139 cm³/mol. The lowest BCUT2D eigenvalue weighted by atomic mass is 10.2. The van der Waals surface area contributed by atoms with Crippen LogP contribution in [0.5, 0.6) is 5.75 Å². The van der Waals surface area contributed by atoms with Crippen LogP contribution < -0.4 is 10.3 Å². The maximum Gasteiger partial charge on any atom is 0.282 e. The average molecular weight is 528 g/mol. The summed E-state index contributed by atoms with van der Waals surface area (Å²) in [4.78, 5) is 18.1. The second-order valence-corrected chi connectivity index (χ2v) is 8.66. The Balaban J connectivity index is 1.57. The zero-order valence-electron chi connectivity index (χ0n) is 18.4. The van der Waals surface area contributed by atoms with E-state index in [0.717, 1.165) is 10.0 Å². The van der Waals surface area contributed by atoms with Crippen molar-refractivity contribution in [1.29, 1.82) is 0 Å². The van der Waals surface area contributed by atoms with Crippen molar-refractivity contribution >= 4 is 33.0 Å². The number of ether oxygens (including phenoxy) is 1. The van der Waals surface area contributed by atoms with Crippen LogP contribution in [-0.4, -0.2) is 15.9 Å². The van der Waals surface area contributed by atoms with Gasteiger partial charge >= 0.3 is 0 Å². The van der Waals surface area contributed by atoms with E-state index in [0.29, 0.717) is 33.6 Å². The van der Waals surface area contributed by atoms with E-state index in [2.05, 4.69) is 21.0 Å². The predicted octanol–water partition coefficient (Wildman–Crippen LogP) is 6.43. The number of nitrogens with zero attached hydrogens (tertiary/aromatic N) is 3. The third-order valence-corrected chi connectivity index (χ3v) is 5.90. The highest BCUT2D eigenvalue weighted by molar-refractivity contribution is 9.10. The van der Waals surface area contributed by atoms with Gasteiger partial charge in [0.25, 0.3) is 5.56 Å². The van der Waals surface area contributed by atoms with Crippen LogP contribution in [0.3, 0.4) is 0 Å². The number of benzene rings is 4. The Kier molecular flexibility index (Phi) is 6.50. The summed E-state index contributed by atoms with van der Waals surface area (Å²) in [5, 5.41) is 4.99. The highest BCUT2D eigenvalue weighted by Crippen LogP contribution is 2.24. The zero-order valence-corrected chi connectivity index (χ0v) is 20.0. The summed E-state index contributed by atoms with van der Waals surface area (Å²) in [5.41, 5.74) is 2.14. The molecule has 5 rings (SSSR count). The van der Waals surface area contributed by atoms with Gasteiger partial charge in [-0.15, -0.1) is 0 Å². The van der Waals surface area contributed by atoms with Crippen LogP contribution >= 0.6 is 15.9 Å². The van der Waals surface area contributed by atoms with Crippen molar-refractivity contribution in [2.45, 2.75) is 6.61 Å². The quantitative estimate of drug-likeness (QED) is 0.239. The van der Waals surface area contributed by atoms with Gasteiger partial charge in [-0.1, -0.05) is 76.6 Å². The molecule has 7 heteroatoms. The van der Waals surface area contributed by atoms with E-state index in [-0.39, 0.29) is 18.0 Å². The summed E-state index contributed by atoms with van der Waals surface area (Å²) < 4.78 is 22.1. The molecule has 0 fully saturated rings. The largest absolute Gasteiger partial charge is 0.488 e. The molecule has 0 aliphatic carbocycles. The van der Waals surface area contributed by atoms with Crippen molar-refractivity contribution in [3.8, 4) is 17.1 Å². The molecule has 5 nitrogen and oxygen atoms in total. The molecule has 0 saturated carbocycles. The Morgan fingerprint density at radius 2 is 1.69 bits per heavy atom. The van der Waals surface area contributed by atoms with Gasteiger partial charge in [0.2, 0.25) is 0 Å². The third-order valence-electron chi connectivity index (χ3n) is 5.41. The molecule has 4 aromatic carbocycles. The van der Waals surface area contributed by atoms with Crippen LogP contribution in [0.1, 0.15) is 11.1 Å². The van der Waals surface area contributed by atoms with Gasteiger partial charge < -0.3 is 4.74 Å². The van der Waals surface area contributed by atoms with Gasteiger partial charge in [-0.25, -0.2) is 9.37 Å². The first kappa shape index (κ1) is 22.7. The van der Waals surface area contributed by atoms with Crippen LogP contribution in [0.25, 0.3) is 22.3 Å². The molecule has 0 amide bonds. The lowest BCUT2D eigenvalue weighted by Crippen LogP contribution is -2.20. The molecule has 0 atom stereocenters. The monoisotopic (exact) mass is 527 g/mol. The summed E-state index contributed by atoms with van der Waals surface area (Å²) in [6.07, 6.45) is 1.55.